The lowest BCUT2D eigenvalue weighted by molar-refractivity contribution is 0.317. The van der Waals surface area contributed by atoms with E-state index in [1.165, 1.54) is 0 Å². The molecule has 0 radical (unpaired) electrons. The molecule has 2 N–H and O–H groups in total. The third kappa shape index (κ3) is 3.80. The van der Waals surface area contributed by atoms with E-state index < -0.39 is 0 Å². The molecule has 1 aromatic rings. The Labute approximate surface area is 91.1 Å². The molecule has 0 atom stereocenters. The van der Waals surface area contributed by atoms with Crippen LogP contribution in [-0.4, -0.2) is 18.3 Å². The zero-order valence-corrected chi connectivity index (χ0v) is 9.42. The van der Waals surface area contributed by atoms with Crippen molar-refractivity contribution in [3.05, 3.63) is 23.8 Å². The van der Waals surface area contributed by atoms with Crippen molar-refractivity contribution >= 4 is 0 Å². The number of hydrogen-bond acceptors (Lipinski definition) is 3. The van der Waals surface area contributed by atoms with Gasteiger partial charge in [-0.2, -0.15) is 0 Å². The van der Waals surface area contributed by atoms with Crippen LogP contribution < -0.4 is 10.1 Å². The molecular weight excluding hydrogens is 190 g/mol. The van der Waals surface area contributed by atoms with E-state index in [1.807, 2.05) is 19.1 Å². The van der Waals surface area contributed by atoms with E-state index in [0.717, 1.165) is 25.1 Å². The lowest BCUT2D eigenvalue weighted by Crippen LogP contribution is -2.13. The van der Waals surface area contributed by atoms with Gasteiger partial charge < -0.3 is 15.2 Å². The zero-order valence-electron chi connectivity index (χ0n) is 9.42. The van der Waals surface area contributed by atoms with Gasteiger partial charge in [-0.15, -0.1) is 0 Å². The van der Waals surface area contributed by atoms with Gasteiger partial charge in [-0.25, -0.2) is 0 Å². The molecule has 1 rings (SSSR count). The van der Waals surface area contributed by atoms with Crippen molar-refractivity contribution in [2.45, 2.75) is 26.8 Å². The van der Waals surface area contributed by atoms with E-state index in [4.69, 9.17) is 4.74 Å². The molecule has 0 aliphatic rings. The number of phenolic OH excluding ortho intramolecular Hbond substituents is 1. The monoisotopic (exact) mass is 209 g/mol. The third-order valence-corrected chi connectivity index (χ3v) is 2.08. The highest BCUT2D eigenvalue weighted by molar-refractivity contribution is 5.41. The lowest BCUT2D eigenvalue weighted by atomic mass is 10.2. The second kappa shape index (κ2) is 6.30. The molecule has 0 aliphatic carbocycles. The van der Waals surface area contributed by atoms with Crippen LogP contribution in [0.3, 0.4) is 0 Å². The number of ether oxygens (including phenoxy) is 1. The second-order valence-corrected chi connectivity index (χ2v) is 3.41. The summed E-state index contributed by atoms with van der Waals surface area (Å²) >= 11 is 0. The Morgan fingerprint density at radius 2 is 2.13 bits per heavy atom. The average molecular weight is 209 g/mol. The molecule has 0 aliphatic heterocycles. The zero-order chi connectivity index (χ0) is 11.1. The summed E-state index contributed by atoms with van der Waals surface area (Å²) in [4.78, 5) is 0. The van der Waals surface area contributed by atoms with Gasteiger partial charge in [0.2, 0.25) is 0 Å². The molecule has 3 heteroatoms. The first kappa shape index (κ1) is 11.9. The van der Waals surface area contributed by atoms with Crippen LogP contribution in [-0.2, 0) is 6.54 Å². The fourth-order valence-corrected chi connectivity index (χ4v) is 1.35. The van der Waals surface area contributed by atoms with Crippen molar-refractivity contribution in [2.75, 3.05) is 13.2 Å². The first-order valence-electron chi connectivity index (χ1n) is 5.43. The van der Waals surface area contributed by atoms with E-state index in [0.29, 0.717) is 12.4 Å². The Hall–Kier alpha value is -1.22. The van der Waals surface area contributed by atoms with Gasteiger partial charge in [0.15, 0.2) is 11.5 Å². The van der Waals surface area contributed by atoms with Gasteiger partial charge in [-0.1, -0.05) is 13.0 Å². The number of hydrogen-bond donors (Lipinski definition) is 2. The van der Waals surface area contributed by atoms with Gasteiger partial charge in [0.05, 0.1) is 6.61 Å². The Morgan fingerprint density at radius 3 is 2.80 bits per heavy atom. The van der Waals surface area contributed by atoms with Gasteiger partial charge >= 0.3 is 0 Å². The molecule has 0 unspecified atom stereocenters. The largest absolute Gasteiger partial charge is 0.504 e. The molecule has 0 bridgehead atoms. The molecule has 1 aromatic carbocycles. The van der Waals surface area contributed by atoms with E-state index in [-0.39, 0.29) is 5.75 Å². The van der Waals surface area contributed by atoms with E-state index in [1.54, 1.807) is 6.07 Å². The first-order valence-corrected chi connectivity index (χ1v) is 5.43. The highest BCUT2D eigenvalue weighted by Gasteiger charge is 2.02. The Morgan fingerprint density at radius 1 is 1.33 bits per heavy atom. The first-order chi connectivity index (χ1) is 7.27. The normalized spacial score (nSPS) is 10.3. The fourth-order valence-electron chi connectivity index (χ4n) is 1.35. The Bertz CT molecular complexity index is 300. The third-order valence-electron chi connectivity index (χ3n) is 2.08. The minimum atomic E-state index is 0.205. The van der Waals surface area contributed by atoms with Crippen molar-refractivity contribution in [3.8, 4) is 11.5 Å². The number of benzene rings is 1. The summed E-state index contributed by atoms with van der Waals surface area (Å²) in [6, 6.07) is 5.45. The summed E-state index contributed by atoms with van der Waals surface area (Å²) in [5.41, 5.74) is 1.13. The van der Waals surface area contributed by atoms with E-state index >= 15 is 0 Å². The molecule has 0 aromatic heterocycles. The van der Waals surface area contributed by atoms with Crippen LogP contribution in [0.4, 0.5) is 0 Å². The Kier molecular flexibility index (Phi) is 4.98. The molecular formula is C12H19NO2. The SMILES string of the molecule is CCCNCc1ccc(O)c(OCC)c1. The van der Waals surface area contributed by atoms with Crippen LogP contribution in [0.15, 0.2) is 18.2 Å². The molecule has 0 saturated carbocycles. The van der Waals surface area contributed by atoms with Crippen molar-refractivity contribution in [1.29, 1.82) is 0 Å². The second-order valence-electron chi connectivity index (χ2n) is 3.41. The summed E-state index contributed by atoms with van der Waals surface area (Å²) in [7, 11) is 0. The van der Waals surface area contributed by atoms with E-state index in [2.05, 4.69) is 12.2 Å². The maximum Gasteiger partial charge on any atom is 0.161 e. The van der Waals surface area contributed by atoms with Gasteiger partial charge in [0, 0.05) is 6.54 Å². The molecule has 0 amide bonds. The van der Waals surface area contributed by atoms with Crippen molar-refractivity contribution in [3.63, 3.8) is 0 Å². The molecule has 0 saturated heterocycles. The molecule has 84 valence electrons. The van der Waals surface area contributed by atoms with E-state index in [9.17, 15) is 5.11 Å². The molecule has 3 nitrogen and oxygen atoms in total. The quantitative estimate of drug-likeness (QED) is 0.706. The number of nitrogens with one attached hydrogen (secondary N) is 1. The number of rotatable bonds is 6. The maximum absolute atomic E-state index is 9.49. The minimum Gasteiger partial charge on any atom is -0.504 e. The predicted octanol–water partition coefficient (Wildman–Crippen LogP) is 2.29. The van der Waals surface area contributed by atoms with Crippen LogP contribution in [0.25, 0.3) is 0 Å². The Balaban J connectivity index is 2.61. The minimum absolute atomic E-state index is 0.205. The standard InChI is InChI=1S/C12H19NO2/c1-3-7-13-9-10-5-6-11(14)12(8-10)15-4-2/h5-6,8,13-14H,3-4,7,9H2,1-2H3. The lowest BCUT2D eigenvalue weighted by Gasteiger charge is -2.08. The van der Waals surface area contributed by atoms with Crippen LogP contribution >= 0.6 is 0 Å². The average Bonchev–Trinajstić information content (AvgIpc) is 2.23. The summed E-state index contributed by atoms with van der Waals surface area (Å²) in [5, 5.41) is 12.8. The van der Waals surface area contributed by atoms with Gasteiger partial charge in [0.1, 0.15) is 0 Å². The molecule has 0 spiro atoms. The topological polar surface area (TPSA) is 41.5 Å². The summed E-state index contributed by atoms with van der Waals surface area (Å²) in [6.07, 6.45) is 1.12. The molecule has 0 heterocycles. The fraction of sp³-hybridized carbons (Fsp3) is 0.500. The molecule has 15 heavy (non-hydrogen) atoms. The van der Waals surface area contributed by atoms with Crippen LogP contribution in [0.5, 0.6) is 11.5 Å². The molecule has 0 fully saturated rings. The van der Waals surface area contributed by atoms with Crippen molar-refractivity contribution < 1.29 is 9.84 Å². The number of aromatic hydroxyl groups is 1. The predicted molar refractivity (Wildman–Crippen MR) is 61.3 cm³/mol. The van der Waals surface area contributed by atoms with Crippen molar-refractivity contribution in [2.24, 2.45) is 0 Å². The van der Waals surface area contributed by atoms with Crippen LogP contribution in [0.1, 0.15) is 25.8 Å². The van der Waals surface area contributed by atoms with Gasteiger partial charge in [-0.05, 0) is 37.6 Å². The highest BCUT2D eigenvalue weighted by atomic mass is 16.5. The van der Waals surface area contributed by atoms with Crippen molar-refractivity contribution in [1.82, 2.24) is 5.32 Å². The van der Waals surface area contributed by atoms with Gasteiger partial charge in [-0.3, -0.25) is 0 Å². The summed E-state index contributed by atoms with van der Waals surface area (Å²) < 4.78 is 5.31. The van der Waals surface area contributed by atoms with Gasteiger partial charge in [0.25, 0.3) is 0 Å². The highest BCUT2D eigenvalue weighted by Crippen LogP contribution is 2.26. The van der Waals surface area contributed by atoms with Crippen LogP contribution in [0, 0.1) is 0 Å². The maximum atomic E-state index is 9.49. The smallest absolute Gasteiger partial charge is 0.161 e. The summed E-state index contributed by atoms with van der Waals surface area (Å²) in [6.45, 7) is 6.43. The number of phenols is 1. The summed E-state index contributed by atoms with van der Waals surface area (Å²) in [5.74, 6) is 0.768. The van der Waals surface area contributed by atoms with Crippen LogP contribution in [0.2, 0.25) is 0 Å².